The molecule has 0 aliphatic rings. The van der Waals surface area contributed by atoms with Crippen molar-refractivity contribution in [3.63, 3.8) is 0 Å². The zero-order chi connectivity index (χ0) is 15.0. The lowest BCUT2D eigenvalue weighted by atomic mass is 9.96. The first-order chi connectivity index (χ1) is 7.75. The van der Waals surface area contributed by atoms with Crippen LogP contribution in [0.15, 0.2) is 0 Å². The topological polar surface area (TPSA) is 17.1 Å². The number of rotatable bonds is 6. The van der Waals surface area contributed by atoms with Gasteiger partial charge in [0, 0.05) is 6.42 Å². The number of hydrogen-bond acceptors (Lipinski definition) is 1. The van der Waals surface area contributed by atoms with Gasteiger partial charge < -0.3 is 0 Å². The van der Waals surface area contributed by atoms with Crippen LogP contribution in [0.4, 0.5) is 35.1 Å². The average Bonchev–Trinajstić information content (AvgIpc) is 2.16. The second kappa shape index (κ2) is 4.82. The van der Waals surface area contributed by atoms with E-state index in [0.717, 1.165) is 6.92 Å². The van der Waals surface area contributed by atoms with Crippen LogP contribution >= 0.6 is 11.6 Å². The summed E-state index contributed by atoms with van der Waals surface area (Å²) in [7, 11) is 0. The summed E-state index contributed by atoms with van der Waals surface area (Å²) in [6, 6.07) is 0. The second-order valence-corrected chi connectivity index (χ2v) is 3.79. The molecule has 0 aliphatic carbocycles. The highest BCUT2D eigenvalue weighted by molar-refractivity contribution is 6.65. The number of alkyl halides is 8. The first-order valence-corrected chi connectivity index (χ1v) is 4.84. The fourth-order valence-corrected chi connectivity index (χ4v) is 1.14. The van der Waals surface area contributed by atoms with Crippen molar-refractivity contribution in [1.82, 2.24) is 0 Å². The van der Waals surface area contributed by atoms with Crippen molar-refractivity contribution in [2.24, 2.45) is 0 Å². The minimum atomic E-state index is -6.60. The fourth-order valence-electron chi connectivity index (χ4n) is 1.02. The Bertz CT molecular complexity index is 327. The molecule has 1 nitrogen and oxygen atoms in total. The molecule has 0 aromatic heterocycles. The molecule has 18 heavy (non-hydrogen) atoms. The van der Waals surface area contributed by atoms with Crippen LogP contribution in [0.3, 0.4) is 0 Å². The molecule has 0 radical (unpaired) electrons. The van der Waals surface area contributed by atoms with E-state index in [2.05, 4.69) is 11.6 Å². The highest BCUT2D eigenvalue weighted by Gasteiger charge is 2.81. The fraction of sp³-hybridized carbons (Fsp3) is 0.875. The monoisotopic (exact) mass is 306 g/mol. The molecule has 0 rings (SSSR count). The molecule has 0 aliphatic heterocycles. The van der Waals surface area contributed by atoms with Crippen molar-refractivity contribution < 1.29 is 39.9 Å². The zero-order valence-corrected chi connectivity index (χ0v) is 9.48. The predicted octanol–water partition coefficient (Wildman–Crippen LogP) is 4.09. The van der Waals surface area contributed by atoms with E-state index in [9.17, 15) is 39.9 Å². The van der Waals surface area contributed by atoms with E-state index >= 15 is 0 Å². The lowest BCUT2D eigenvalue weighted by Crippen LogP contribution is -2.63. The molecule has 10 heteroatoms. The Morgan fingerprint density at radius 1 is 0.944 bits per heavy atom. The summed E-state index contributed by atoms with van der Waals surface area (Å²) < 4.78 is 102. The molecular weight excluding hydrogens is 300 g/mol. The van der Waals surface area contributed by atoms with Gasteiger partial charge in [0.15, 0.2) is 0 Å². The summed E-state index contributed by atoms with van der Waals surface area (Å²) in [5.41, 5.74) is 0. The van der Waals surface area contributed by atoms with Gasteiger partial charge in [-0.15, -0.1) is 0 Å². The van der Waals surface area contributed by atoms with Crippen LogP contribution in [0.2, 0.25) is 0 Å². The van der Waals surface area contributed by atoms with E-state index in [4.69, 9.17) is 0 Å². The molecule has 108 valence electrons. The third-order valence-electron chi connectivity index (χ3n) is 2.06. The summed E-state index contributed by atoms with van der Waals surface area (Å²) in [4.78, 5) is 10.0. The van der Waals surface area contributed by atoms with E-state index in [1.54, 1.807) is 0 Å². The molecule has 0 atom stereocenters. The van der Waals surface area contributed by atoms with Gasteiger partial charge in [0.25, 0.3) is 5.24 Å². The first kappa shape index (κ1) is 17.4. The van der Waals surface area contributed by atoms with Crippen LogP contribution in [-0.4, -0.2) is 28.9 Å². The van der Waals surface area contributed by atoms with Gasteiger partial charge in [0.05, 0.1) is 0 Å². The van der Waals surface area contributed by atoms with E-state index in [0.29, 0.717) is 0 Å². The smallest absolute Gasteiger partial charge is 0.274 e. The largest absolute Gasteiger partial charge is 0.388 e. The lowest BCUT2D eigenvalue weighted by molar-refractivity contribution is -0.356. The predicted molar refractivity (Wildman–Crippen MR) is 45.6 cm³/mol. The highest BCUT2D eigenvalue weighted by atomic mass is 35.5. The number of hydrogen-bond donors (Lipinski definition) is 0. The van der Waals surface area contributed by atoms with Gasteiger partial charge in [0.2, 0.25) is 0 Å². The molecule has 0 saturated heterocycles. The van der Waals surface area contributed by atoms with Crippen molar-refractivity contribution in [2.45, 2.75) is 43.5 Å². The highest BCUT2D eigenvalue weighted by Crippen LogP contribution is 2.54. The van der Waals surface area contributed by atoms with Crippen molar-refractivity contribution >= 4 is 16.8 Å². The molecule has 0 saturated carbocycles. The van der Waals surface area contributed by atoms with Gasteiger partial charge in [-0.2, -0.15) is 35.1 Å². The van der Waals surface area contributed by atoms with Gasteiger partial charge >= 0.3 is 23.7 Å². The Balaban J connectivity index is 5.65. The van der Waals surface area contributed by atoms with E-state index in [1.165, 1.54) is 0 Å². The molecule has 0 unspecified atom stereocenters. The summed E-state index contributed by atoms with van der Waals surface area (Å²) in [5, 5.41) is -3.14. The van der Waals surface area contributed by atoms with Gasteiger partial charge in [0.1, 0.15) is 0 Å². The normalized spacial score (nSPS) is 14.8. The van der Waals surface area contributed by atoms with E-state index in [-0.39, 0.29) is 0 Å². The Kier molecular flexibility index (Phi) is 4.66. The molecule has 0 spiro atoms. The third kappa shape index (κ3) is 2.41. The maximum Gasteiger partial charge on any atom is 0.388 e. The van der Waals surface area contributed by atoms with Crippen LogP contribution in [0.1, 0.15) is 19.8 Å². The summed E-state index contributed by atoms with van der Waals surface area (Å²) in [5.74, 6) is -24.5. The quantitative estimate of drug-likeness (QED) is 0.533. The molecule has 0 aromatic carbocycles. The Morgan fingerprint density at radius 2 is 1.33 bits per heavy atom. The standard InChI is InChI=1S/C8H7ClF8O/c1-2-3-5(10,11)7(14,15)8(16,17)6(12,13)4(9)18/h2-3H2,1H3. The van der Waals surface area contributed by atoms with Crippen LogP contribution < -0.4 is 0 Å². The third-order valence-corrected chi connectivity index (χ3v) is 2.30. The summed E-state index contributed by atoms with van der Waals surface area (Å²) in [6.07, 6.45) is -2.40. The van der Waals surface area contributed by atoms with Crippen LogP contribution in [0, 0.1) is 0 Å². The minimum Gasteiger partial charge on any atom is -0.274 e. The van der Waals surface area contributed by atoms with Crippen molar-refractivity contribution in [2.75, 3.05) is 0 Å². The van der Waals surface area contributed by atoms with Gasteiger partial charge in [-0.1, -0.05) is 13.3 Å². The zero-order valence-electron chi connectivity index (χ0n) is 8.72. The van der Waals surface area contributed by atoms with Gasteiger partial charge in [-0.05, 0) is 11.6 Å². The van der Waals surface area contributed by atoms with Crippen LogP contribution in [-0.2, 0) is 4.79 Å². The van der Waals surface area contributed by atoms with Crippen molar-refractivity contribution in [1.29, 1.82) is 0 Å². The first-order valence-electron chi connectivity index (χ1n) is 4.47. The SMILES string of the molecule is CCCC(F)(F)C(F)(F)C(F)(F)C(F)(F)C(=O)Cl. The molecular formula is C8H7ClF8O. The molecule has 0 N–H and O–H groups in total. The van der Waals surface area contributed by atoms with Crippen LogP contribution in [0.5, 0.6) is 0 Å². The molecule has 0 aromatic rings. The van der Waals surface area contributed by atoms with Gasteiger partial charge in [-0.3, -0.25) is 4.79 Å². The van der Waals surface area contributed by atoms with Gasteiger partial charge in [-0.25, -0.2) is 0 Å². The number of carbonyl (C=O) groups is 1. The maximum atomic E-state index is 12.8. The summed E-state index contributed by atoms with van der Waals surface area (Å²) >= 11 is 4.04. The maximum absolute atomic E-state index is 12.8. The van der Waals surface area contributed by atoms with Crippen molar-refractivity contribution in [3.05, 3.63) is 0 Å². The Hall–Kier alpha value is -0.600. The number of carbonyl (C=O) groups excluding carboxylic acids is 1. The molecule has 0 fully saturated rings. The van der Waals surface area contributed by atoms with Crippen molar-refractivity contribution in [3.8, 4) is 0 Å². The Labute approximate surface area is 101 Å². The van der Waals surface area contributed by atoms with E-state index < -0.39 is 41.8 Å². The molecule has 0 bridgehead atoms. The summed E-state index contributed by atoms with van der Waals surface area (Å²) in [6.45, 7) is 0.965. The average molecular weight is 307 g/mol. The van der Waals surface area contributed by atoms with E-state index in [1.807, 2.05) is 0 Å². The van der Waals surface area contributed by atoms with Crippen LogP contribution in [0.25, 0.3) is 0 Å². The molecule has 0 amide bonds. The number of halogens is 9. The molecule has 0 heterocycles. The lowest BCUT2D eigenvalue weighted by Gasteiger charge is -2.35. The minimum absolute atomic E-state index is 0.654. The Morgan fingerprint density at radius 3 is 1.61 bits per heavy atom. The second-order valence-electron chi connectivity index (χ2n) is 3.45.